The first kappa shape index (κ1) is 30.9. The summed E-state index contributed by atoms with van der Waals surface area (Å²) in [6, 6.07) is 10.6. The van der Waals surface area contributed by atoms with E-state index in [0.717, 1.165) is 87.1 Å². The Balaban J connectivity index is 1.12. The van der Waals surface area contributed by atoms with Gasteiger partial charge in [-0.05, 0) is 124 Å². The number of carbonyl (C=O) groups excluding carboxylic acids is 2. The number of benzene rings is 1. The zero-order valence-electron chi connectivity index (χ0n) is 27.1. The minimum atomic E-state index is -0.510. The SMILES string of the molecule is COc1ccc(C23CCC(CN(c4cc(-c5coc(C6CC6)n5)ccn4)C(=O)[C@H]4CC[C@H](NC(=O)CO)CC4)(CC2)CC3)cc1C. The molecule has 0 radical (unpaired) electrons. The number of anilines is 1. The van der Waals surface area contributed by atoms with Gasteiger partial charge in [0.15, 0.2) is 5.89 Å². The maximum Gasteiger partial charge on any atom is 0.245 e. The van der Waals surface area contributed by atoms with E-state index in [1.165, 1.54) is 11.1 Å². The predicted octanol–water partition coefficient (Wildman–Crippen LogP) is 6.22. The van der Waals surface area contributed by atoms with Crippen LogP contribution in [0.25, 0.3) is 11.3 Å². The highest BCUT2D eigenvalue weighted by molar-refractivity contribution is 5.95. The van der Waals surface area contributed by atoms with Crippen LogP contribution in [0.3, 0.4) is 0 Å². The van der Waals surface area contributed by atoms with Gasteiger partial charge in [-0.2, -0.15) is 0 Å². The van der Waals surface area contributed by atoms with E-state index >= 15 is 0 Å². The minimum absolute atomic E-state index is 0.00331. The van der Waals surface area contributed by atoms with Gasteiger partial charge < -0.3 is 19.6 Å². The van der Waals surface area contributed by atoms with Crippen molar-refractivity contribution in [3.8, 4) is 17.0 Å². The monoisotopic (exact) mass is 626 g/mol. The summed E-state index contributed by atoms with van der Waals surface area (Å²) in [6.07, 6.45) is 15.2. The Kier molecular flexibility index (Phi) is 8.38. The first-order valence-corrected chi connectivity index (χ1v) is 17.1. The second-order valence-corrected chi connectivity index (χ2v) is 14.4. The highest BCUT2D eigenvalue weighted by Crippen LogP contribution is 2.58. The fourth-order valence-corrected chi connectivity index (χ4v) is 8.39. The molecule has 2 N–H and O–H groups in total. The third-order valence-corrected chi connectivity index (χ3v) is 11.5. The number of ether oxygens (including phenoxy) is 1. The number of amides is 2. The van der Waals surface area contributed by atoms with E-state index in [1.807, 2.05) is 17.0 Å². The summed E-state index contributed by atoms with van der Waals surface area (Å²) in [7, 11) is 1.73. The van der Waals surface area contributed by atoms with E-state index in [1.54, 1.807) is 19.6 Å². The summed E-state index contributed by atoms with van der Waals surface area (Å²) < 4.78 is 11.3. The van der Waals surface area contributed by atoms with Crippen LogP contribution in [-0.2, 0) is 15.0 Å². The zero-order valence-corrected chi connectivity index (χ0v) is 27.1. The molecule has 5 aliphatic carbocycles. The number of nitrogens with zero attached hydrogens (tertiary/aromatic N) is 3. The molecule has 5 fully saturated rings. The lowest BCUT2D eigenvalue weighted by Crippen LogP contribution is -2.52. The first-order valence-electron chi connectivity index (χ1n) is 17.1. The molecule has 244 valence electrons. The number of fused-ring (bicyclic) bond motifs is 3. The van der Waals surface area contributed by atoms with E-state index in [9.17, 15) is 9.59 Å². The summed E-state index contributed by atoms with van der Waals surface area (Å²) >= 11 is 0. The summed E-state index contributed by atoms with van der Waals surface area (Å²) in [4.78, 5) is 37.8. The van der Waals surface area contributed by atoms with Gasteiger partial charge in [0.05, 0.1) is 7.11 Å². The van der Waals surface area contributed by atoms with Crippen molar-refractivity contribution in [3.05, 3.63) is 59.8 Å². The quantitative estimate of drug-likeness (QED) is 0.274. The molecule has 2 aromatic heterocycles. The van der Waals surface area contributed by atoms with Gasteiger partial charge in [0.2, 0.25) is 11.8 Å². The number of hydrogen-bond acceptors (Lipinski definition) is 7. The van der Waals surface area contributed by atoms with E-state index < -0.39 is 6.61 Å². The smallest absolute Gasteiger partial charge is 0.245 e. The van der Waals surface area contributed by atoms with Gasteiger partial charge in [-0.3, -0.25) is 14.5 Å². The lowest BCUT2D eigenvalue weighted by atomic mass is 9.51. The molecule has 0 saturated heterocycles. The predicted molar refractivity (Wildman–Crippen MR) is 175 cm³/mol. The molecule has 2 amide bonds. The Hall–Kier alpha value is -3.72. The van der Waals surface area contributed by atoms with Gasteiger partial charge in [0.1, 0.15) is 30.1 Å². The van der Waals surface area contributed by atoms with Crippen molar-refractivity contribution in [2.75, 3.05) is 25.2 Å². The van der Waals surface area contributed by atoms with Crippen molar-refractivity contribution in [2.45, 2.75) is 101 Å². The molecule has 3 aromatic rings. The molecule has 5 aliphatic rings. The molecule has 8 rings (SSSR count). The van der Waals surface area contributed by atoms with Crippen molar-refractivity contribution in [3.63, 3.8) is 0 Å². The lowest BCUT2D eigenvalue weighted by molar-refractivity contribution is -0.125. The number of nitrogens with one attached hydrogen (secondary N) is 1. The normalized spacial score (nSPS) is 27.3. The zero-order chi connectivity index (χ0) is 31.9. The van der Waals surface area contributed by atoms with E-state index in [2.05, 4.69) is 30.4 Å². The van der Waals surface area contributed by atoms with E-state index in [-0.39, 0.29) is 34.6 Å². The van der Waals surface area contributed by atoms with Gasteiger partial charge in [-0.15, -0.1) is 0 Å². The lowest BCUT2D eigenvalue weighted by Gasteiger charge is -2.55. The Morgan fingerprint density at radius 1 is 1.02 bits per heavy atom. The summed E-state index contributed by atoms with van der Waals surface area (Å²) in [5, 5.41) is 12.1. The van der Waals surface area contributed by atoms with Crippen LogP contribution in [0.15, 0.2) is 47.2 Å². The number of methoxy groups -OCH3 is 1. The molecule has 0 aliphatic heterocycles. The van der Waals surface area contributed by atoms with Gasteiger partial charge in [0.25, 0.3) is 0 Å². The van der Waals surface area contributed by atoms with Gasteiger partial charge in [0, 0.05) is 36.2 Å². The number of rotatable bonds is 10. The molecule has 9 heteroatoms. The third-order valence-electron chi connectivity index (χ3n) is 11.5. The summed E-state index contributed by atoms with van der Waals surface area (Å²) in [5.41, 5.74) is 4.54. The molecule has 46 heavy (non-hydrogen) atoms. The van der Waals surface area contributed by atoms with Crippen molar-refractivity contribution in [1.29, 1.82) is 0 Å². The van der Waals surface area contributed by atoms with Crippen LogP contribution in [0.5, 0.6) is 5.75 Å². The minimum Gasteiger partial charge on any atom is -0.496 e. The van der Waals surface area contributed by atoms with Crippen LogP contribution < -0.4 is 15.0 Å². The number of hydrogen-bond donors (Lipinski definition) is 2. The number of aliphatic hydroxyl groups is 1. The number of aliphatic hydroxyl groups excluding tert-OH is 1. The first-order chi connectivity index (χ1) is 22.3. The number of aromatic nitrogens is 2. The largest absolute Gasteiger partial charge is 0.496 e. The molecule has 9 nitrogen and oxygen atoms in total. The average molecular weight is 627 g/mol. The number of carbonyl (C=O) groups is 2. The number of pyridine rings is 1. The van der Waals surface area contributed by atoms with Crippen molar-refractivity contribution in [1.82, 2.24) is 15.3 Å². The van der Waals surface area contributed by atoms with Gasteiger partial charge in [-0.1, -0.05) is 12.1 Å². The molecule has 2 heterocycles. The van der Waals surface area contributed by atoms with Crippen LogP contribution in [0.4, 0.5) is 5.82 Å². The number of aryl methyl sites for hydroxylation is 1. The van der Waals surface area contributed by atoms with Gasteiger partial charge in [-0.25, -0.2) is 9.97 Å². The molecule has 5 saturated carbocycles. The molecule has 1 aromatic carbocycles. The molecule has 2 bridgehead atoms. The van der Waals surface area contributed by atoms with E-state index in [0.29, 0.717) is 31.1 Å². The average Bonchev–Trinajstić information content (AvgIpc) is 3.83. The Morgan fingerprint density at radius 2 is 1.76 bits per heavy atom. The maximum atomic E-state index is 14.5. The van der Waals surface area contributed by atoms with Crippen LogP contribution >= 0.6 is 0 Å². The van der Waals surface area contributed by atoms with E-state index in [4.69, 9.17) is 24.2 Å². The summed E-state index contributed by atoms with van der Waals surface area (Å²) in [6.45, 7) is 2.27. The molecular formula is C37H46N4O5. The fraction of sp³-hybridized carbons (Fsp3) is 0.568. The molecule has 0 atom stereocenters. The van der Waals surface area contributed by atoms with Crippen molar-refractivity contribution in [2.24, 2.45) is 11.3 Å². The highest BCUT2D eigenvalue weighted by atomic mass is 16.5. The third kappa shape index (κ3) is 6.06. The Labute approximate surface area is 271 Å². The standard InChI is InChI=1S/C37H46N4O5/c1-24-19-28(7-10-31(24)45-2)37-15-12-36(13-16-37,14-17-37)23-41(35(44)26-5-8-29(9-6-26)39-33(43)21-42)32-20-27(11-18-38-32)30-22-46-34(40-30)25-3-4-25/h7,10-11,18-20,22,25-26,29,42H,3-6,8-9,12-17,21,23H2,1-2H3,(H,39,43)/t26-,29-,36?,37?. The fourth-order valence-electron chi connectivity index (χ4n) is 8.39. The highest BCUT2D eigenvalue weighted by Gasteiger charge is 2.51. The van der Waals surface area contributed by atoms with Crippen LogP contribution in [-0.4, -0.2) is 53.2 Å². The van der Waals surface area contributed by atoms with Crippen LogP contribution in [0, 0.1) is 18.3 Å². The van der Waals surface area contributed by atoms with Crippen LogP contribution in [0.2, 0.25) is 0 Å². The van der Waals surface area contributed by atoms with Crippen LogP contribution in [0.1, 0.15) is 100.0 Å². The van der Waals surface area contributed by atoms with Gasteiger partial charge >= 0.3 is 0 Å². The Morgan fingerprint density at radius 3 is 2.41 bits per heavy atom. The molecule has 0 spiro atoms. The second-order valence-electron chi connectivity index (χ2n) is 14.4. The molecule has 0 unspecified atom stereocenters. The van der Waals surface area contributed by atoms with Crippen molar-refractivity contribution < 1.29 is 23.8 Å². The Bertz CT molecular complexity index is 1560. The number of oxazole rings is 1. The van der Waals surface area contributed by atoms with Crippen molar-refractivity contribution >= 4 is 17.6 Å². The topological polar surface area (TPSA) is 118 Å². The maximum absolute atomic E-state index is 14.5. The second kappa shape index (κ2) is 12.5. The summed E-state index contributed by atoms with van der Waals surface area (Å²) in [5.74, 6) is 2.47. The molecular weight excluding hydrogens is 580 g/mol.